The molecule has 0 atom stereocenters. The van der Waals surface area contributed by atoms with Crippen LogP contribution in [0.1, 0.15) is 31.1 Å². The molecule has 118 valence electrons. The number of hydrogen-bond acceptors (Lipinski definition) is 7. The van der Waals surface area contributed by atoms with Crippen LogP contribution in [0.3, 0.4) is 0 Å². The van der Waals surface area contributed by atoms with E-state index in [0.717, 1.165) is 9.47 Å². The Hall–Kier alpha value is -1.60. The van der Waals surface area contributed by atoms with Gasteiger partial charge in [0.15, 0.2) is 10.1 Å². The number of anilines is 1. The largest absolute Gasteiger partial charge is 0.496 e. The summed E-state index contributed by atoms with van der Waals surface area (Å²) in [5, 5.41) is 12.2. The van der Waals surface area contributed by atoms with Gasteiger partial charge >= 0.3 is 0 Å². The maximum atomic E-state index is 12.3. The lowest BCUT2D eigenvalue weighted by Crippen LogP contribution is -2.25. The number of nitrogens with one attached hydrogen (secondary N) is 1. The van der Waals surface area contributed by atoms with E-state index in [1.165, 1.54) is 23.1 Å². The molecule has 0 radical (unpaired) electrons. The van der Waals surface area contributed by atoms with Gasteiger partial charge in [0.2, 0.25) is 5.13 Å². The number of methoxy groups -OCH3 is 1. The molecule has 7 heteroatoms. The predicted molar refractivity (Wildman–Crippen MR) is 91.3 cm³/mol. The SMILES string of the molecule is COc1ccccc1C(=O)CSc1nnc(NC(C)(C)C)s1. The lowest BCUT2D eigenvalue weighted by atomic mass is 10.1. The number of aromatic nitrogens is 2. The Labute approximate surface area is 138 Å². The van der Waals surface area contributed by atoms with Crippen molar-refractivity contribution >= 4 is 34.0 Å². The average Bonchev–Trinajstić information content (AvgIpc) is 2.90. The number of benzene rings is 1. The van der Waals surface area contributed by atoms with E-state index in [-0.39, 0.29) is 11.3 Å². The van der Waals surface area contributed by atoms with Crippen LogP contribution in [0.25, 0.3) is 0 Å². The Morgan fingerprint density at radius 1 is 1.32 bits per heavy atom. The molecular formula is C15H19N3O2S2. The molecule has 5 nitrogen and oxygen atoms in total. The highest BCUT2D eigenvalue weighted by atomic mass is 32.2. The molecule has 22 heavy (non-hydrogen) atoms. The van der Waals surface area contributed by atoms with Crippen LogP contribution in [-0.2, 0) is 0 Å². The number of ether oxygens (including phenoxy) is 1. The van der Waals surface area contributed by atoms with Crippen LogP contribution in [0.2, 0.25) is 0 Å². The zero-order chi connectivity index (χ0) is 16.2. The van der Waals surface area contributed by atoms with E-state index in [9.17, 15) is 4.79 Å². The van der Waals surface area contributed by atoms with E-state index in [2.05, 4.69) is 36.3 Å². The Morgan fingerprint density at radius 2 is 2.05 bits per heavy atom. The zero-order valence-electron chi connectivity index (χ0n) is 13.0. The van der Waals surface area contributed by atoms with Crippen molar-refractivity contribution in [3.8, 4) is 5.75 Å². The van der Waals surface area contributed by atoms with Gasteiger partial charge in [0.25, 0.3) is 0 Å². The van der Waals surface area contributed by atoms with E-state index in [0.29, 0.717) is 17.1 Å². The summed E-state index contributed by atoms with van der Waals surface area (Å²) in [6.45, 7) is 6.19. The first-order valence-corrected chi connectivity index (χ1v) is 8.60. The molecule has 0 saturated heterocycles. The summed E-state index contributed by atoms with van der Waals surface area (Å²) in [6, 6.07) is 7.23. The van der Waals surface area contributed by atoms with Gasteiger partial charge in [0, 0.05) is 5.54 Å². The molecule has 1 heterocycles. The molecule has 0 aliphatic rings. The number of thioether (sulfide) groups is 1. The molecule has 1 N–H and O–H groups in total. The van der Waals surface area contributed by atoms with Gasteiger partial charge in [-0.05, 0) is 32.9 Å². The fourth-order valence-corrected chi connectivity index (χ4v) is 3.56. The van der Waals surface area contributed by atoms with Crippen LogP contribution >= 0.6 is 23.1 Å². The first-order valence-electron chi connectivity index (χ1n) is 6.80. The number of ketones is 1. The van der Waals surface area contributed by atoms with Crippen molar-refractivity contribution < 1.29 is 9.53 Å². The van der Waals surface area contributed by atoms with Crippen molar-refractivity contribution in [2.45, 2.75) is 30.6 Å². The monoisotopic (exact) mass is 337 g/mol. The standard InChI is InChI=1S/C15H19N3O2S2/c1-15(2,3)16-13-17-18-14(22-13)21-9-11(19)10-7-5-6-8-12(10)20-4/h5-8H,9H2,1-4H3,(H,16,17). The number of hydrogen-bond donors (Lipinski definition) is 1. The molecule has 0 unspecified atom stereocenters. The fraction of sp³-hybridized carbons (Fsp3) is 0.400. The van der Waals surface area contributed by atoms with Gasteiger partial charge in [-0.1, -0.05) is 35.2 Å². The zero-order valence-corrected chi connectivity index (χ0v) is 14.7. The van der Waals surface area contributed by atoms with Crippen molar-refractivity contribution in [1.82, 2.24) is 10.2 Å². The summed E-state index contributed by atoms with van der Waals surface area (Å²) in [4.78, 5) is 12.3. The second kappa shape index (κ2) is 7.11. The molecule has 0 aliphatic heterocycles. The molecule has 0 spiro atoms. The predicted octanol–water partition coefficient (Wildman–Crippen LogP) is 3.73. The van der Waals surface area contributed by atoms with E-state index in [1.54, 1.807) is 19.2 Å². The van der Waals surface area contributed by atoms with Crippen molar-refractivity contribution in [2.75, 3.05) is 18.2 Å². The number of para-hydroxylation sites is 1. The van der Waals surface area contributed by atoms with Crippen LogP contribution in [-0.4, -0.2) is 34.4 Å². The quantitative estimate of drug-likeness (QED) is 0.640. The van der Waals surface area contributed by atoms with Crippen molar-refractivity contribution in [3.63, 3.8) is 0 Å². The van der Waals surface area contributed by atoms with Crippen molar-refractivity contribution in [1.29, 1.82) is 0 Å². The van der Waals surface area contributed by atoms with Crippen LogP contribution in [0.15, 0.2) is 28.6 Å². The van der Waals surface area contributed by atoms with Gasteiger partial charge in [-0.25, -0.2) is 0 Å². The minimum Gasteiger partial charge on any atom is -0.496 e. The van der Waals surface area contributed by atoms with Crippen molar-refractivity contribution in [2.24, 2.45) is 0 Å². The van der Waals surface area contributed by atoms with Gasteiger partial charge < -0.3 is 10.1 Å². The summed E-state index contributed by atoms with van der Waals surface area (Å²) in [5.41, 5.74) is 0.532. The molecule has 2 aromatic rings. The molecule has 0 amide bonds. The highest BCUT2D eigenvalue weighted by molar-refractivity contribution is 8.01. The first-order chi connectivity index (χ1) is 10.4. The summed E-state index contributed by atoms with van der Waals surface area (Å²) in [7, 11) is 1.56. The molecular weight excluding hydrogens is 318 g/mol. The Bertz CT molecular complexity index is 650. The van der Waals surface area contributed by atoms with Gasteiger partial charge in [-0.2, -0.15) is 0 Å². The number of nitrogens with zero attached hydrogens (tertiary/aromatic N) is 2. The van der Waals surface area contributed by atoms with Gasteiger partial charge in [0.05, 0.1) is 18.4 Å². The third-order valence-electron chi connectivity index (χ3n) is 2.62. The number of carbonyl (C=O) groups is 1. The molecule has 0 bridgehead atoms. The smallest absolute Gasteiger partial charge is 0.206 e. The highest BCUT2D eigenvalue weighted by Crippen LogP contribution is 2.28. The number of carbonyl (C=O) groups excluding carboxylic acids is 1. The molecule has 0 fully saturated rings. The highest BCUT2D eigenvalue weighted by Gasteiger charge is 2.16. The van der Waals surface area contributed by atoms with Crippen molar-refractivity contribution in [3.05, 3.63) is 29.8 Å². The Morgan fingerprint density at radius 3 is 2.73 bits per heavy atom. The Kier molecular flexibility index (Phi) is 5.42. The van der Waals surface area contributed by atoms with Crippen LogP contribution in [0.5, 0.6) is 5.75 Å². The number of rotatable bonds is 6. The lowest BCUT2D eigenvalue weighted by molar-refractivity contribution is 0.101. The van der Waals surface area contributed by atoms with Crippen LogP contribution < -0.4 is 10.1 Å². The normalized spacial score (nSPS) is 11.3. The van der Waals surface area contributed by atoms with Gasteiger partial charge in [-0.15, -0.1) is 10.2 Å². The summed E-state index contributed by atoms with van der Waals surface area (Å²) in [6.07, 6.45) is 0. The fourth-order valence-electron chi connectivity index (χ4n) is 1.72. The second-order valence-electron chi connectivity index (χ2n) is 5.66. The minimum atomic E-state index is -0.0608. The molecule has 2 rings (SSSR count). The summed E-state index contributed by atoms with van der Waals surface area (Å²) >= 11 is 2.84. The van der Waals surface area contributed by atoms with Gasteiger partial charge in [0.1, 0.15) is 5.75 Å². The number of Topliss-reactive ketones (excluding diaryl/α,β-unsaturated/α-hetero) is 1. The third-order valence-corrected chi connectivity index (χ3v) is 4.59. The van der Waals surface area contributed by atoms with E-state index >= 15 is 0 Å². The minimum absolute atomic E-state index is 0.0166. The van der Waals surface area contributed by atoms with E-state index in [4.69, 9.17) is 4.74 Å². The second-order valence-corrected chi connectivity index (χ2v) is 7.86. The third kappa shape index (κ3) is 4.71. The topological polar surface area (TPSA) is 64.1 Å². The summed E-state index contributed by atoms with van der Waals surface area (Å²) in [5.74, 6) is 0.924. The van der Waals surface area contributed by atoms with Crippen LogP contribution in [0, 0.1) is 0 Å². The molecule has 0 saturated carbocycles. The molecule has 0 aliphatic carbocycles. The molecule has 1 aromatic carbocycles. The van der Waals surface area contributed by atoms with E-state index in [1.807, 2.05) is 12.1 Å². The first kappa shape index (κ1) is 16.8. The molecule has 1 aromatic heterocycles. The Balaban J connectivity index is 1.97. The average molecular weight is 337 g/mol. The lowest BCUT2D eigenvalue weighted by Gasteiger charge is -2.18. The van der Waals surface area contributed by atoms with Gasteiger partial charge in [-0.3, -0.25) is 4.79 Å². The maximum Gasteiger partial charge on any atom is 0.206 e. The van der Waals surface area contributed by atoms with Crippen LogP contribution in [0.4, 0.5) is 5.13 Å². The van der Waals surface area contributed by atoms with E-state index < -0.39 is 0 Å². The maximum absolute atomic E-state index is 12.3. The summed E-state index contributed by atoms with van der Waals surface area (Å²) < 4.78 is 5.99.